The number of methoxy groups -OCH3 is 2. The van der Waals surface area contributed by atoms with E-state index in [9.17, 15) is 34.2 Å². The minimum absolute atomic E-state index is 0. The Morgan fingerprint density at radius 3 is 1.78 bits per heavy atom. The molecule has 2 heterocycles. The molecule has 2 unspecified atom stereocenters. The number of aromatic hydroxyl groups is 2. The average Bonchev–Trinajstić information content (AvgIpc) is 3.55. The summed E-state index contributed by atoms with van der Waals surface area (Å²) >= 11 is 8.98. The number of phenols is 2. The van der Waals surface area contributed by atoms with Crippen molar-refractivity contribution in [3.05, 3.63) is 35.4 Å². The van der Waals surface area contributed by atoms with Gasteiger partial charge >= 0.3 is 73.3 Å². The van der Waals surface area contributed by atoms with E-state index in [4.69, 9.17) is 14.2 Å². The first-order valence-electron chi connectivity index (χ1n) is 12.2. The third kappa shape index (κ3) is 12.9. The van der Waals surface area contributed by atoms with Crippen molar-refractivity contribution < 1.29 is 80.3 Å². The van der Waals surface area contributed by atoms with Crippen molar-refractivity contribution >= 4 is 118 Å². The molecule has 0 radical (unpaired) electrons. The monoisotopic (exact) mass is 1140 g/mol. The van der Waals surface area contributed by atoms with Crippen molar-refractivity contribution in [2.24, 2.45) is 0 Å². The van der Waals surface area contributed by atoms with E-state index in [2.05, 4.69) is 81.9 Å². The first-order chi connectivity index (χ1) is 20.8. The summed E-state index contributed by atoms with van der Waals surface area (Å²) in [6, 6.07) is 4.68. The van der Waals surface area contributed by atoms with Crippen LogP contribution in [0.1, 0.15) is 31.9 Å². The number of rotatable bonds is 4. The van der Waals surface area contributed by atoms with Crippen molar-refractivity contribution in [2.45, 2.75) is 45.7 Å². The molecule has 0 saturated carbocycles. The van der Waals surface area contributed by atoms with Crippen LogP contribution in [-0.2, 0) is 55.8 Å². The van der Waals surface area contributed by atoms with Crippen molar-refractivity contribution in [3.8, 4) is 23.0 Å². The van der Waals surface area contributed by atoms with Crippen LogP contribution in [0.3, 0.4) is 0 Å². The van der Waals surface area contributed by atoms with Gasteiger partial charge in [0.25, 0.3) is 0 Å². The van der Waals surface area contributed by atoms with Gasteiger partial charge in [0, 0.05) is 88.5 Å². The second kappa shape index (κ2) is 21.9. The van der Waals surface area contributed by atoms with Gasteiger partial charge in [-0.3, -0.25) is 19.3 Å². The fourth-order valence-corrected chi connectivity index (χ4v) is 4.41. The Hall–Kier alpha value is -0.856. The molecule has 0 aliphatic carbocycles. The zero-order valence-electron chi connectivity index (χ0n) is 24.3. The Morgan fingerprint density at radius 2 is 1.31 bits per heavy atom. The van der Waals surface area contributed by atoms with Crippen LogP contribution in [0.4, 0.5) is 11.4 Å². The van der Waals surface area contributed by atoms with Gasteiger partial charge < -0.3 is 46.9 Å². The average molecular weight is 1140 g/mol. The van der Waals surface area contributed by atoms with Crippen LogP contribution >= 0.6 is 77.2 Å². The van der Waals surface area contributed by atoms with Gasteiger partial charge in [0.05, 0.1) is 19.9 Å². The number of amides is 1. The number of esters is 4. The predicted octanol–water partition coefficient (Wildman–Crippen LogP) is 0.922. The number of hydrogen-bond acceptors (Lipinski definition) is 11. The molecule has 2 aromatic carbocycles. The molecule has 0 fully saturated rings. The SMILES string of the molecule is COC(=O)C1Cc2cc(O)c(O)cc2[NH2+]1.COC(=O)C1Cc2cc(OC(C)=O)c(OC(C)=O)cc2N1C(C)=O.II.[Cl-].[I][V][I]. The van der Waals surface area contributed by atoms with Gasteiger partial charge in [-0.05, 0) is 17.7 Å². The maximum absolute atomic E-state index is 12.0. The summed E-state index contributed by atoms with van der Waals surface area (Å²) in [7, 11) is 3.20. The van der Waals surface area contributed by atoms with Crippen LogP contribution in [-0.4, -0.2) is 66.3 Å². The number of quaternary nitrogens is 1. The fraction of sp³-hybridized carbons (Fsp3) is 0.346. The number of hydrogen-bond donors (Lipinski definition) is 3. The molecule has 1 amide bonds. The topological polar surface area (TPSA) is 183 Å². The molecule has 2 atom stereocenters. The number of halogens is 5. The van der Waals surface area contributed by atoms with Crippen molar-refractivity contribution in [2.75, 3.05) is 19.1 Å². The van der Waals surface area contributed by atoms with Crippen molar-refractivity contribution in [3.63, 3.8) is 0 Å². The molecule has 2 aliphatic heterocycles. The molecule has 0 aromatic heterocycles. The number of benzene rings is 2. The zero-order valence-corrected chi connectivity index (χ0v) is 35.1. The van der Waals surface area contributed by atoms with E-state index in [1.165, 1.54) is 64.2 Å². The Kier molecular flexibility index (Phi) is 21.5. The molecule has 4 N–H and O–H groups in total. The molecular weight excluding hydrogens is 1110 g/mol. The summed E-state index contributed by atoms with van der Waals surface area (Å²) in [5, 5.41) is 20.3. The minimum atomic E-state index is -0.819. The Balaban J connectivity index is 0.000000790. The number of ether oxygens (including phenoxy) is 4. The van der Waals surface area contributed by atoms with Crippen LogP contribution in [0.2, 0.25) is 0 Å². The van der Waals surface area contributed by atoms with Gasteiger partial charge in [0.2, 0.25) is 5.91 Å². The van der Waals surface area contributed by atoms with E-state index in [0.29, 0.717) is 27.1 Å². The van der Waals surface area contributed by atoms with Gasteiger partial charge in [-0.2, -0.15) is 0 Å². The maximum atomic E-state index is 12.0. The summed E-state index contributed by atoms with van der Waals surface area (Å²) in [5.74, 6) is -2.72. The van der Waals surface area contributed by atoms with Crippen LogP contribution < -0.4 is 32.1 Å². The quantitative estimate of drug-likeness (QED) is 0.0990. The molecule has 4 rings (SSSR count). The van der Waals surface area contributed by atoms with Crippen LogP contribution in [0.25, 0.3) is 0 Å². The molecular formula is C26H29ClI4N2O11V. The summed E-state index contributed by atoms with van der Waals surface area (Å²) in [5.41, 5.74) is 2.64. The number of phenolic OH excluding ortho intramolecular Hbond substituents is 2. The standard InChI is InChI=1S/C16H17NO7.C10H11NO4.ClH.I2.2HI.V/c1-8(18)17-12-7-15(24-10(3)20)14(23-9(2)19)6-11(12)5-13(17)16(21)22-4;1-15-10(14)7-2-5-3-8(12)9(13)4-6(5)11-7;;1-2;;;/h6-7,13H,5H2,1-4H3;3-4,7,11-13H,2H2,1H3;1H;;2*1H;/q;;;;;;+2/p-2. The predicted molar refractivity (Wildman–Crippen MR) is 189 cm³/mol. The van der Waals surface area contributed by atoms with Gasteiger partial charge in [-0.25, -0.2) is 9.59 Å². The summed E-state index contributed by atoms with van der Waals surface area (Å²) in [6.45, 7) is 3.73. The number of carbonyl (C=O) groups is 5. The van der Waals surface area contributed by atoms with E-state index in [1.807, 2.05) is 0 Å². The number of nitrogens with two attached hydrogens (primary N) is 1. The van der Waals surface area contributed by atoms with Crippen LogP contribution in [0, 0.1) is 0 Å². The van der Waals surface area contributed by atoms with Crippen molar-refractivity contribution in [1.29, 1.82) is 0 Å². The molecule has 249 valence electrons. The second-order valence-corrected chi connectivity index (χ2v) is 20.6. The van der Waals surface area contributed by atoms with Crippen LogP contribution in [0.5, 0.6) is 23.0 Å². The first-order valence-corrected chi connectivity index (χ1v) is 27.5. The third-order valence-corrected chi connectivity index (χ3v) is 6.01. The van der Waals surface area contributed by atoms with Crippen molar-refractivity contribution in [1.82, 2.24) is 0 Å². The summed E-state index contributed by atoms with van der Waals surface area (Å²) in [4.78, 5) is 59.0. The molecule has 0 spiro atoms. The molecule has 19 heteroatoms. The number of carbonyl (C=O) groups excluding carboxylic acids is 5. The summed E-state index contributed by atoms with van der Waals surface area (Å²) in [6.07, 6.45) is 0.714. The van der Waals surface area contributed by atoms with E-state index in [1.54, 1.807) is 5.32 Å². The van der Waals surface area contributed by atoms with Gasteiger partial charge in [-0.1, -0.05) is 0 Å². The Bertz CT molecular complexity index is 1360. The van der Waals surface area contributed by atoms with Gasteiger partial charge in [-0.15, -0.1) is 0 Å². The second-order valence-electron chi connectivity index (χ2n) is 8.85. The number of fused-ring (bicyclic) bond motifs is 2. The Labute approximate surface area is 318 Å². The fourth-order valence-electron chi connectivity index (χ4n) is 4.41. The molecule has 2 aromatic rings. The first kappa shape index (κ1) is 44.1. The molecule has 13 nitrogen and oxygen atoms in total. The van der Waals surface area contributed by atoms with E-state index < -0.39 is 23.9 Å². The van der Waals surface area contributed by atoms with Crippen LogP contribution in [0.15, 0.2) is 24.3 Å². The normalized spacial score (nSPS) is 14.9. The van der Waals surface area contributed by atoms with E-state index >= 15 is 0 Å². The summed E-state index contributed by atoms with van der Waals surface area (Å²) < 4.78 is 19.5. The van der Waals surface area contributed by atoms with Gasteiger partial charge in [0.15, 0.2) is 29.0 Å². The Morgan fingerprint density at radius 1 is 0.822 bits per heavy atom. The van der Waals surface area contributed by atoms with E-state index in [-0.39, 0.29) is 59.7 Å². The zero-order chi connectivity index (χ0) is 33.7. The number of nitrogens with zero attached hydrogens (tertiary/aromatic N) is 1. The molecule has 0 bridgehead atoms. The molecule has 45 heavy (non-hydrogen) atoms. The van der Waals surface area contributed by atoms with Gasteiger partial charge in [0.1, 0.15) is 11.7 Å². The molecule has 0 saturated heterocycles. The third-order valence-electron chi connectivity index (χ3n) is 6.01. The van der Waals surface area contributed by atoms with E-state index in [0.717, 1.165) is 11.3 Å². The number of anilines is 1. The molecule has 2 aliphatic rings.